The molecule has 2 heterocycles. The Morgan fingerprint density at radius 1 is 1.00 bits per heavy atom. The first-order valence-corrected chi connectivity index (χ1v) is 8.81. The van der Waals surface area contributed by atoms with Crippen molar-refractivity contribution in [2.45, 2.75) is 18.9 Å². The normalized spacial score (nSPS) is 10.8. The topological polar surface area (TPSA) is 25.8 Å². The predicted octanol–water partition coefficient (Wildman–Crippen LogP) is 5.21. The summed E-state index contributed by atoms with van der Waals surface area (Å²) in [4.78, 5) is 9.09. The summed E-state index contributed by atoms with van der Waals surface area (Å²) < 4.78 is 0. The van der Waals surface area contributed by atoms with Crippen LogP contribution < -0.4 is 0 Å². The number of pyridine rings is 1. The van der Waals surface area contributed by atoms with E-state index in [-0.39, 0.29) is 0 Å². The van der Waals surface area contributed by atoms with Crippen molar-refractivity contribution in [2.75, 3.05) is 6.26 Å². The average molecular weight is 312 g/mol. The van der Waals surface area contributed by atoms with Crippen LogP contribution in [0.15, 0.2) is 46.9 Å². The Labute approximate surface area is 133 Å². The number of aryl methyl sites for hydroxylation is 2. The van der Waals surface area contributed by atoms with Gasteiger partial charge in [-0.05, 0) is 49.4 Å². The fourth-order valence-electron chi connectivity index (χ4n) is 2.09. The Morgan fingerprint density at radius 3 is 2.62 bits per heavy atom. The van der Waals surface area contributed by atoms with Crippen molar-refractivity contribution >= 4 is 23.1 Å². The fraction of sp³-hybridized carbons (Fsp3) is 0.176. The molecule has 0 aliphatic heterocycles. The van der Waals surface area contributed by atoms with Gasteiger partial charge in [0.05, 0.1) is 10.7 Å². The van der Waals surface area contributed by atoms with E-state index in [1.165, 1.54) is 16.7 Å². The number of nitrogens with zero attached hydrogens (tertiary/aromatic N) is 2. The summed E-state index contributed by atoms with van der Waals surface area (Å²) in [5.41, 5.74) is 5.97. The van der Waals surface area contributed by atoms with E-state index in [2.05, 4.69) is 48.5 Å². The van der Waals surface area contributed by atoms with E-state index in [0.717, 1.165) is 21.3 Å². The largest absolute Gasteiger partial charge is 0.250 e. The summed E-state index contributed by atoms with van der Waals surface area (Å²) >= 11 is 3.33. The Morgan fingerprint density at radius 2 is 1.86 bits per heavy atom. The second-order valence-corrected chi connectivity index (χ2v) is 6.61. The third kappa shape index (κ3) is 3.01. The van der Waals surface area contributed by atoms with E-state index in [1.54, 1.807) is 23.1 Å². The highest BCUT2D eigenvalue weighted by molar-refractivity contribution is 7.98. The first-order chi connectivity index (χ1) is 10.2. The monoisotopic (exact) mass is 312 g/mol. The van der Waals surface area contributed by atoms with Gasteiger partial charge in [-0.2, -0.15) is 0 Å². The second-order valence-electron chi connectivity index (χ2n) is 4.92. The van der Waals surface area contributed by atoms with Crippen molar-refractivity contribution in [1.29, 1.82) is 0 Å². The van der Waals surface area contributed by atoms with Gasteiger partial charge in [-0.3, -0.25) is 0 Å². The van der Waals surface area contributed by atoms with E-state index < -0.39 is 0 Å². The zero-order chi connectivity index (χ0) is 14.8. The van der Waals surface area contributed by atoms with Crippen molar-refractivity contribution < 1.29 is 0 Å². The Kier molecular flexibility index (Phi) is 4.08. The number of benzene rings is 1. The molecule has 0 amide bonds. The molecule has 3 rings (SSSR count). The minimum absolute atomic E-state index is 1.02. The van der Waals surface area contributed by atoms with Crippen molar-refractivity contribution in [3.8, 4) is 21.8 Å². The Bertz CT molecular complexity index is 778. The number of hydrogen-bond donors (Lipinski definition) is 0. The molecule has 4 heteroatoms. The lowest BCUT2D eigenvalue weighted by Gasteiger charge is -2.02. The maximum atomic E-state index is 4.78. The van der Waals surface area contributed by atoms with Gasteiger partial charge in [0.15, 0.2) is 0 Å². The van der Waals surface area contributed by atoms with Crippen LogP contribution in [0.25, 0.3) is 21.8 Å². The second kappa shape index (κ2) is 6.00. The van der Waals surface area contributed by atoms with Gasteiger partial charge in [0.1, 0.15) is 5.01 Å². The van der Waals surface area contributed by atoms with E-state index >= 15 is 0 Å². The molecule has 0 unspecified atom stereocenters. The highest BCUT2D eigenvalue weighted by Crippen LogP contribution is 2.30. The van der Waals surface area contributed by atoms with Crippen LogP contribution in [-0.2, 0) is 0 Å². The molecule has 0 saturated carbocycles. The van der Waals surface area contributed by atoms with E-state index in [4.69, 9.17) is 4.98 Å². The van der Waals surface area contributed by atoms with Gasteiger partial charge in [-0.15, -0.1) is 23.1 Å². The van der Waals surface area contributed by atoms with Gasteiger partial charge in [-0.25, -0.2) is 9.97 Å². The Hall–Kier alpha value is -1.65. The summed E-state index contributed by atoms with van der Waals surface area (Å²) in [5, 5.41) is 4.19. The molecule has 3 aromatic rings. The van der Waals surface area contributed by atoms with Crippen LogP contribution in [-0.4, -0.2) is 16.2 Å². The maximum absolute atomic E-state index is 4.78. The molecule has 0 atom stereocenters. The maximum Gasteiger partial charge on any atom is 0.124 e. The number of hydrogen-bond acceptors (Lipinski definition) is 4. The molecule has 21 heavy (non-hydrogen) atoms. The smallest absolute Gasteiger partial charge is 0.124 e. The van der Waals surface area contributed by atoms with Crippen molar-refractivity contribution in [3.63, 3.8) is 0 Å². The third-order valence-electron chi connectivity index (χ3n) is 3.50. The minimum atomic E-state index is 1.02. The zero-order valence-corrected chi connectivity index (χ0v) is 13.9. The van der Waals surface area contributed by atoms with Gasteiger partial charge < -0.3 is 0 Å². The first-order valence-electron chi connectivity index (χ1n) is 6.71. The molecular formula is C17H16N2S2. The van der Waals surface area contributed by atoms with Crippen LogP contribution in [0.2, 0.25) is 0 Å². The molecule has 1 aromatic carbocycles. The average Bonchev–Trinajstić information content (AvgIpc) is 3.00. The molecular weight excluding hydrogens is 296 g/mol. The van der Waals surface area contributed by atoms with Gasteiger partial charge in [0.25, 0.3) is 0 Å². The first kappa shape index (κ1) is 14.3. The summed E-state index contributed by atoms with van der Waals surface area (Å²) in [7, 11) is 0. The molecule has 0 radical (unpaired) electrons. The molecule has 0 aliphatic carbocycles. The van der Waals surface area contributed by atoms with Crippen LogP contribution in [0.4, 0.5) is 0 Å². The lowest BCUT2D eigenvalue weighted by Crippen LogP contribution is -1.85. The highest BCUT2D eigenvalue weighted by Gasteiger charge is 2.08. The molecule has 0 spiro atoms. The summed E-state index contributed by atoms with van der Waals surface area (Å²) in [5.74, 6) is 0. The molecule has 2 nitrogen and oxygen atoms in total. The molecule has 0 N–H and O–H groups in total. The van der Waals surface area contributed by atoms with Crippen LogP contribution in [0.1, 0.15) is 11.1 Å². The predicted molar refractivity (Wildman–Crippen MR) is 92.0 cm³/mol. The van der Waals surface area contributed by atoms with Crippen LogP contribution >= 0.6 is 23.1 Å². The molecule has 0 aliphatic rings. The van der Waals surface area contributed by atoms with E-state index in [0.29, 0.717) is 0 Å². The van der Waals surface area contributed by atoms with Gasteiger partial charge >= 0.3 is 0 Å². The number of thiazole rings is 1. The highest BCUT2D eigenvalue weighted by atomic mass is 32.2. The van der Waals surface area contributed by atoms with Crippen molar-refractivity contribution in [2.24, 2.45) is 0 Å². The zero-order valence-electron chi connectivity index (χ0n) is 12.3. The molecule has 0 bridgehead atoms. The van der Waals surface area contributed by atoms with E-state index in [9.17, 15) is 0 Å². The van der Waals surface area contributed by atoms with Gasteiger partial charge in [-0.1, -0.05) is 12.1 Å². The van der Waals surface area contributed by atoms with Crippen molar-refractivity contribution in [3.05, 3.63) is 53.0 Å². The minimum Gasteiger partial charge on any atom is -0.250 e. The molecule has 0 saturated heterocycles. The molecule has 2 aromatic heterocycles. The number of aromatic nitrogens is 2. The summed E-state index contributed by atoms with van der Waals surface area (Å²) in [6, 6.07) is 10.6. The Balaban J connectivity index is 1.97. The van der Waals surface area contributed by atoms with E-state index in [1.807, 2.05) is 18.5 Å². The lowest BCUT2D eigenvalue weighted by atomic mass is 10.1. The summed E-state index contributed by atoms with van der Waals surface area (Å²) in [6.45, 7) is 4.27. The van der Waals surface area contributed by atoms with Crippen LogP contribution in [0, 0.1) is 13.8 Å². The van der Waals surface area contributed by atoms with Crippen LogP contribution in [0.5, 0.6) is 0 Å². The standard InChI is InChI=1S/C17H16N2S2/c1-11-4-5-13(8-12(11)2)15-10-21-17(19-15)14-6-7-18-16(9-14)20-3/h4-10H,1-3H3. The van der Waals surface area contributed by atoms with Crippen LogP contribution in [0.3, 0.4) is 0 Å². The SMILES string of the molecule is CSc1cc(-c2nc(-c3ccc(C)c(C)c3)cs2)ccn1. The van der Waals surface area contributed by atoms with Gasteiger partial charge in [0.2, 0.25) is 0 Å². The van der Waals surface area contributed by atoms with Crippen molar-refractivity contribution in [1.82, 2.24) is 9.97 Å². The number of rotatable bonds is 3. The fourth-order valence-corrected chi connectivity index (χ4v) is 3.33. The quantitative estimate of drug-likeness (QED) is 0.621. The van der Waals surface area contributed by atoms with Gasteiger partial charge in [0, 0.05) is 22.7 Å². The third-order valence-corrected chi connectivity index (χ3v) is 5.03. The summed E-state index contributed by atoms with van der Waals surface area (Å²) in [6.07, 6.45) is 3.88. The molecule has 106 valence electrons. The number of thioether (sulfide) groups is 1. The molecule has 0 fully saturated rings. The lowest BCUT2D eigenvalue weighted by molar-refractivity contribution is 1.14.